The summed E-state index contributed by atoms with van der Waals surface area (Å²) in [5.41, 5.74) is 1.85. The fourth-order valence-corrected chi connectivity index (χ4v) is 3.61. The zero-order valence-electron chi connectivity index (χ0n) is 19.7. The van der Waals surface area contributed by atoms with E-state index in [0.717, 1.165) is 24.2 Å². The van der Waals surface area contributed by atoms with Crippen molar-refractivity contribution in [2.75, 3.05) is 41.0 Å². The summed E-state index contributed by atoms with van der Waals surface area (Å²) >= 11 is 0. The molecule has 1 aromatic carbocycles. The maximum Gasteiger partial charge on any atom is 0.223 e. The van der Waals surface area contributed by atoms with E-state index < -0.39 is 0 Å². The van der Waals surface area contributed by atoms with Crippen molar-refractivity contribution < 1.29 is 23.8 Å². The lowest BCUT2D eigenvalue weighted by molar-refractivity contribution is -0.136. The molecule has 3 rings (SSSR count). The van der Waals surface area contributed by atoms with E-state index in [0.29, 0.717) is 43.7 Å². The number of carbonyl (C=O) groups excluding carboxylic acids is 2. The van der Waals surface area contributed by atoms with E-state index in [9.17, 15) is 9.59 Å². The molecule has 1 aliphatic heterocycles. The predicted molar refractivity (Wildman–Crippen MR) is 124 cm³/mol. The Balaban J connectivity index is 1.73. The SMILES string of the molecule is COc1ccc(CN(Cc2cccnc2)C(=O)CCC(=O)N(C)C)cc1OC[C@@H]1CCOC1. The maximum absolute atomic E-state index is 13.1. The number of methoxy groups -OCH3 is 1. The molecule has 2 heterocycles. The highest BCUT2D eigenvalue weighted by Crippen LogP contribution is 2.30. The van der Waals surface area contributed by atoms with Crippen LogP contribution in [0.4, 0.5) is 0 Å². The monoisotopic (exact) mass is 455 g/mol. The predicted octanol–water partition coefficient (Wildman–Crippen LogP) is 2.90. The average Bonchev–Trinajstić information content (AvgIpc) is 3.35. The molecule has 2 amide bonds. The van der Waals surface area contributed by atoms with Crippen LogP contribution in [0.15, 0.2) is 42.7 Å². The lowest BCUT2D eigenvalue weighted by Crippen LogP contribution is -2.31. The Morgan fingerprint density at radius 2 is 1.88 bits per heavy atom. The summed E-state index contributed by atoms with van der Waals surface area (Å²) in [5.74, 6) is 1.52. The third-order valence-electron chi connectivity index (χ3n) is 5.60. The van der Waals surface area contributed by atoms with Gasteiger partial charge in [0.15, 0.2) is 11.5 Å². The number of pyridine rings is 1. The van der Waals surface area contributed by atoms with Crippen LogP contribution in [-0.2, 0) is 27.4 Å². The molecule has 0 saturated carbocycles. The molecular weight excluding hydrogens is 422 g/mol. The number of hydrogen-bond donors (Lipinski definition) is 0. The Morgan fingerprint density at radius 3 is 2.55 bits per heavy atom. The highest BCUT2D eigenvalue weighted by molar-refractivity contribution is 5.83. The van der Waals surface area contributed by atoms with Crippen molar-refractivity contribution >= 4 is 11.8 Å². The van der Waals surface area contributed by atoms with E-state index in [1.165, 1.54) is 4.90 Å². The van der Waals surface area contributed by atoms with Crippen LogP contribution in [0.2, 0.25) is 0 Å². The van der Waals surface area contributed by atoms with E-state index in [2.05, 4.69) is 4.98 Å². The van der Waals surface area contributed by atoms with Gasteiger partial charge in [-0.05, 0) is 35.7 Å². The second kappa shape index (κ2) is 12.2. The third kappa shape index (κ3) is 7.46. The Labute approximate surface area is 195 Å². The van der Waals surface area contributed by atoms with Crippen LogP contribution in [0, 0.1) is 5.92 Å². The highest BCUT2D eigenvalue weighted by Gasteiger charge is 2.20. The van der Waals surface area contributed by atoms with Crippen LogP contribution in [0.3, 0.4) is 0 Å². The van der Waals surface area contributed by atoms with E-state index in [1.807, 2.05) is 30.3 Å². The van der Waals surface area contributed by atoms with Gasteiger partial charge in [0.05, 0.1) is 20.3 Å². The van der Waals surface area contributed by atoms with Crippen molar-refractivity contribution in [2.45, 2.75) is 32.4 Å². The smallest absolute Gasteiger partial charge is 0.223 e. The number of benzene rings is 1. The van der Waals surface area contributed by atoms with Crippen LogP contribution in [0.1, 0.15) is 30.4 Å². The summed E-state index contributed by atoms with van der Waals surface area (Å²) in [6.45, 7) is 2.83. The number of rotatable bonds is 11. The van der Waals surface area contributed by atoms with Crippen molar-refractivity contribution in [2.24, 2.45) is 5.92 Å². The lowest BCUT2D eigenvalue weighted by atomic mass is 10.1. The second-order valence-corrected chi connectivity index (χ2v) is 8.43. The molecule has 1 atom stereocenters. The van der Waals surface area contributed by atoms with Gasteiger partial charge in [0.2, 0.25) is 11.8 Å². The molecule has 8 nitrogen and oxygen atoms in total. The maximum atomic E-state index is 13.1. The molecule has 0 bridgehead atoms. The van der Waals surface area contributed by atoms with Crippen LogP contribution in [-0.4, -0.2) is 67.6 Å². The summed E-state index contributed by atoms with van der Waals surface area (Å²) in [6.07, 6.45) is 4.76. The van der Waals surface area contributed by atoms with Crippen molar-refractivity contribution in [3.05, 3.63) is 53.9 Å². The van der Waals surface area contributed by atoms with Gasteiger partial charge in [0, 0.05) is 64.9 Å². The van der Waals surface area contributed by atoms with E-state index in [4.69, 9.17) is 14.2 Å². The Kier molecular flexibility index (Phi) is 9.06. The minimum Gasteiger partial charge on any atom is -0.493 e. The molecule has 0 spiro atoms. The first-order valence-corrected chi connectivity index (χ1v) is 11.2. The minimum atomic E-state index is -0.0876. The zero-order valence-corrected chi connectivity index (χ0v) is 19.7. The quantitative estimate of drug-likeness (QED) is 0.518. The summed E-state index contributed by atoms with van der Waals surface area (Å²) in [4.78, 5) is 32.4. The summed E-state index contributed by atoms with van der Waals surface area (Å²) < 4.78 is 16.9. The lowest BCUT2D eigenvalue weighted by Gasteiger charge is -2.24. The van der Waals surface area contributed by atoms with Crippen molar-refractivity contribution in [1.29, 1.82) is 0 Å². The molecule has 1 saturated heterocycles. The Bertz CT molecular complexity index is 914. The standard InChI is InChI=1S/C25H33N3O5/c1-27(2)24(29)8-9-25(30)28(16-20-5-4-11-26-14-20)15-19-6-7-22(31-3)23(13-19)33-18-21-10-12-32-17-21/h4-7,11,13-14,21H,8-10,12,15-18H2,1-3H3/t21-/m1/s1. The number of nitrogens with zero attached hydrogens (tertiary/aromatic N) is 3. The number of hydrogen-bond acceptors (Lipinski definition) is 6. The normalized spacial score (nSPS) is 15.2. The van der Waals surface area contributed by atoms with Crippen LogP contribution in [0.25, 0.3) is 0 Å². The summed E-state index contributed by atoms with van der Waals surface area (Å²) in [6, 6.07) is 9.49. The molecule has 0 unspecified atom stereocenters. The van der Waals surface area contributed by atoms with Gasteiger partial charge in [-0.2, -0.15) is 0 Å². The van der Waals surface area contributed by atoms with Gasteiger partial charge in [-0.15, -0.1) is 0 Å². The van der Waals surface area contributed by atoms with E-state index in [1.54, 1.807) is 38.5 Å². The van der Waals surface area contributed by atoms with Gasteiger partial charge in [0.1, 0.15) is 0 Å². The molecule has 1 fully saturated rings. The Hall–Kier alpha value is -3.13. The van der Waals surface area contributed by atoms with E-state index >= 15 is 0 Å². The zero-order chi connectivity index (χ0) is 23.6. The number of amides is 2. The minimum absolute atomic E-state index is 0.0688. The van der Waals surface area contributed by atoms with Gasteiger partial charge < -0.3 is 24.0 Å². The van der Waals surface area contributed by atoms with Gasteiger partial charge in [-0.25, -0.2) is 0 Å². The van der Waals surface area contributed by atoms with Crippen LogP contribution in [0.5, 0.6) is 11.5 Å². The van der Waals surface area contributed by atoms with Crippen LogP contribution < -0.4 is 9.47 Å². The first-order chi connectivity index (χ1) is 16.0. The second-order valence-electron chi connectivity index (χ2n) is 8.43. The molecule has 33 heavy (non-hydrogen) atoms. The fraction of sp³-hybridized carbons (Fsp3) is 0.480. The average molecular weight is 456 g/mol. The number of carbonyl (C=O) groups is 2. The van der Waals surface area contributed by atoms with Crippen LogP contribution >= 0.6 is 0 Å². The van der Waals surface area contributed by atoms with E-state index in [-0.39, 0.29) is 24.7 Å². The Morgan fingerprint density at radius 1 is 1.09 bits per heavy atom. The topological polar surface area (TPSA) is 81.2 Å². The highest BCUT2D eigenvalue weighted by atomic mass is 16.5. The molecule has 0 aliphatic carbocycles. The number of aromatic nitrogens is 1. The largest absolute Gasteiger partial charge is 0.493 e. The van der Waals surface area contributed by atoms with Crippen molar-refractivity contribution in [3.8, 4) is 11.5 Å². The fourth-order valence-electron chi connectivity index (χ4n) is 3.61. The van der Waals surface area contributed by atoms with Crippen molar-refractivity contribution in [3.63, 3.8) is 0 Å². The molecular formula is C25H33N3O5. The van der Waals surface area contributed by atoms with Gasteiger partial charge in [-0.1, -0.05) is 12.1 Å². The summed E-state index contributed by atoms with van der Waals surface area (Å²) in [5, 5.41) is 0. The first kappa shape index (κ1) is 24.5. The first-order valence-electron chi connectivity index (χ1n) is 11.2. The number of ether oxygens (including phenoxy) is 3. The molecule has 0 radical (unpaired) electrons. The van der Waals surface area contributed by atoms with Gasteiger partial charge >= 0.3 is 0 Å². The molecule has 1 aromatic heterocycles. The molecule has 178 valence electrons. The molecule has 8 heteroatoms. The van der Waals surface area contributed by atoms with Gasteiger partial charge in [0.25, 0.3) is 0 Å². The van der Waals surface area contributed by atoms with Crippen molar-refractivity contribution in [1.82, 2.24) is 14.8 Å². The molecule has 0 N–H and O–H groups in total. The summed E-state index contributed by atoms with van der Waals surface area (Å²) in [7, 11) is 4.99. The third-order valence-corrected chi connectivity index (χ3v) is 5.60. The molecule has 1 aliphatic rings. The van der Waals surface area contributed by atoms with Gasteiger partial charge in [-0.3, -0.25) is 14.6 Å². The molecule has 2 aromatic rings.